The van der Waals surface area contributed by atoms with Gasteiger partial charge in [0.1, 0.15) is 11.6 Å². The molecule has 0 spiro atoms. The fourth-order valence-corrected chi connectivity index (χ4v) is 3.06. The fraction of sp³-hybridized carbons (Fsp3) is 0.619. The number of hydrogen-bond donors (Lipinski definition) is 2. The largest absolute Gasteiger partial charge is 0.494 e. The quantitative estimate of drug-likeness (QED) is 0.373. The molecule has 1 fully saturated rings. The molecule has 0 atom stereocenters. The predicted molar refractivity (Wildman–Crippen MR) is 112 cm³/mol. The number of guanidine groups is 1. The van der Waals surface area contributed by atoms with E-state index in [9.17, 15) is 9.18 Å². The van der Waals surface area contributed by atoms with Gasteiger partial charge >= 0.3 is 6.09 Å². The summed E-state index contributed by atoms with van der Waals surface area (Å²) in [5, 5.41) is 6.74. The van der Waals surface area contributed by atoms with Crippen molar-refractivity contribution in [2.75, 3.05) is 39.4 Å². The lowest BCUT2D eigenvalue weighted by Crippen LogP contribution is -2.49. The number of rotatable bonds is 9. The molecule has 0 unspecified atom stereocenters. The molecule has 8 heteroatoms. The van der Waals surface area contributed by atoms with Gasteiger partial charge in [-0.15, -0.1) is 0 Å². The Kier molecular flexibility index (Phi) is 10.1. The maximum absolute atomic E-state index is 12.9. The van der Waals surface area contributed by atoms with Gasteiger partial charge in [0.05, 0.1) is 13.2 Å². The first-order chi connectivity index (χ1) is 14.1. The van der Waals surface area contributed by atoms with Crippen LogP contribution in [0.2, 0.25) is 0 Å². The van der Waals surface area contributed by atoms with E-state index in [1.807, 2.05) is 13.8 Å². The molecule has 0 aromatic heterocycles. The van der Waals surface area contributed by atoms with Crippen LogP contribution in [0.25, 0.3) is 0 Å². The van der Waals surface area contributed by atoms with E-state index in [1.54, 1.807) is 17.0 Å². The van der Waals surface area contributed by atoms with Gasteiger partial charge in [-0.2, -0.15) is 0 Å². The monoisotopic (exact) mass is 408 g/mol. The van der Waals surface area contributed by atoms with Crippen LogP contribution >= 0.6 is 0 Å². The number of nitrogens with zero attached hydrogens (tertiary/aromatic N) is 2. The number of benzene rings is 1. The third-order valence-electron chi connectivity index (χ3n) is 4.61. The van der Waals surface area contributed by atoms with Crippen molar-refractivity contribution in [2.45, 2.75) is 45.6 Å². The number of likely N-dealkylation sites (tertiary alicyclic amines) is 1. The molecule has 0 radical (unpaired) electrons. The first-order valence-electron chi connectivity index (χ1n) is 10.5. The molecule has 1 amide bonds. The molecular formula is C21H33FN4O3. The van der Waals surface area contributed by atoms with E-state index in [0.29, 0.717) is 44.6 Å². The van der Waals surface area contributed by atoms with Crippen LogP contribution in [0.1, 0.15) is 39.5 Å². The molecule has 7 nitrogen and oxygen atoms in total. The average molecular weight is 409 g/mol. The number of amides is 1. The van der Waals surface area contributed by atoms with Crippen molar-refractivity contribution >= 4 is 12.1 Å². The number of piperidine rings is 1. The van der Waals surface area contributed by atoms with E-state index in [-0.39, 0.29) is 11.9 Å². The van der Waals surface area contributed by atoms with Crippen LogP contribution in [0.4, 0.5) is 9.18 Å². The van der Waals surface area contributed by atoms with E-state index in [2.05, 4.69) is 15.6 Å². The second-order valence-corrected chi connectivity index (χ2v) is 6.87. The maximum Gasteiger partial charge on any atom is 0.409 e. The molecule has 2 rings (SSSR count). The molecule has 162 valence electrons. The molecule has 1 saturated heterocycles. The second kappa shape index (κ2) is 12.9. The SMILES string of the molecule is CCNC(=NCCCCOc1ccc(F)cc1)NC1CCN(C(=O)OCC)CC1. The number of hydrogen-bond acceptors (Lipinski definition) is 4. The van der Waals surface area contributed by atoms with Crippen LogP contribution in [0.5, 0.6) is 5.75 Å². The van der Waals surface area contributed by atoms with Crippen LogP contribution < -0.4 is 15.4 Å². The standard InChI is InChI=1S/C21H33FN4O3/c1-3-23-20(25-18-11-14-26(15-12-18)21(27)28-4-2)24-13-5-6-16-29-19-9-7-17(22)8-10-19/h7-10,18H,3-6,11-16H2,1-2H3,(H2,23,24,25). The highest BCUT2D eigenvalue weighted by molar-refractivity contribution is 5.80. The van der Waals surface area contributed by atoms with Gasteiger partial charge in [-0.05, 0) is 63.8 Å². The van der Waals surface area contributed by atoms with Crippen molar-refractivity contribution in [3.63, 3.8) is 0 Å². The Labute approximate surface area is 172 Å². The third kappa shape index (κ3) is 8.58. The molecule has 0 saturated carbocycles. The van der Waals surface area contributed by atoms with Crippen molar-refractivity contribution in [3.05, 3.63) is 30.1 Å². The van der Waals surface area contributed by atoms with Gasteiger partial charge in [0.2, 0.25) is 0 Å². The molecular weight excluding hydrogens is 375 g/mol. The van der Waals surface area contributed by atoms with Gasteiger partial charge in [-0.1, -0.05) is 0 Å². The fourth-order valence-electron chi connectivity index (χ4n) is 3.06. The Morgan fingerprint density at radius 2 is 1.93 bits per heavy atom. The van der Waals surface area contributed by atoms with Crippen molar-refractivity contribution in [2.24, 2.45) is 4.99 Å². The summed E-state index contributed by atoms with van der Waals surface area (Å²) in [5.74, 6) is 1.22. The highest BCUT2D eigenvalue weighted by Gasteiger charge is 2.23. The number of carbonyl (C=O) groups is 1. The highest BCUT2D eigenvalue weighted by Crippen LogP contribution is 2.12. The second-order valence-electron chi connectivity index (χ2n) is 6.87. The van der Waals surface area contributed by atoms with Gasteiger partial charge in [-0.25, -0.2) is 9.18 Å². The number of aliphatic imine (C=N–C) groups is 1. The van der Waals surface area contributed by atoms with Crippen LogP contribution in [0.3, 0.4) is 0 Å². The summed E-state index contributed by atoms with van der Waals surface area (Å²) in [7, 11) is 0. The molecule has 1 aliphatic rings. The molecule has 1 aromatic carbocycles. The van der Waals surface area contributed by atoms with Crippen molar-refractivity contribution in [3.8, 4) is 5.75 Å². The average Bonchev–Trinajstić information content (AvgIpc) is 2.72. The molecule has 1 aliphatic heterocycles. The number of unbranched alkanes of at least 4 members (excludes halogenated alkanes) is 1. The maximum atomic E-state index is 12.9. The normalized spacial score (nSPS) is 15.1. The summed E-state index contributed by atoms with van der Waals surface area (Å²) in [6.07, 6.45) is 3.29. The lowest BCUT2D eigenvalue weighted by molar-refractivity contribution is 0.0963. The summed E-state index contributed by atoms with van der Waals surface area (Å²) in [4.78, 5) is 18.2. The summed E-state index contributed by atoms with van der Waals surface area (Å²) in [6, 6.07) is 6.35. The molecule has 29 heavy (non-hydrogen) atoms. The van der Waals surface area contributed by atoms with Gasteiger partial charge in [0.15, 0.2) is 5.96 Å². The van der Waals surface area contributed by atoms with Crippen LogP contribution in [0.15, 0.2) is 29.3 Å². The van der Waals surface area contributed by atoms with E-state index in [4.69, 9.17) is 9.47 Å². The number of halogens is 1. The lowest BCUT2D eigenvalue weighted by atomic mass is 10.1. The Hall–Kier alpha value is -2.51. The molecule has 2 N–H and O–H groups in total. The van der Waals surface area contributed by atoms with Crippen LogP contribution in [-0.4, -0.2) is 62.4 Å². The Bertz CT molecular complexity index is 631. The first-order valence-corrected chi connectivity index (χ1v) is 10.5. The minimum absolute atomic E-state index is 0.227. The zero-order valence-corrected chi connectivity index (χ0v) is 17.5. The minimum Gasteiger partial charge on any atom is -0.494 e. The van der Waals surface area contributed by atoms with Crippen molar-refractivity contribution in [1.29, 1.82) is 0 Å². The van der Waals surface area contributed by atoms with Gasteiger partial charge in [-0.3, -0.25) is 4.99 Å². The predicted octanol–water partition coefficient (Wildman–Crippen LogP) is 3.16. The van der Waals surface area contributed by atoms with E-state index in [1.165, 1.54) is 12.1 Å². The third-order valence-corrected chi connectivity index (χ3v) is 4.61. The van der Waals surface area contributed by atoms with Gasteiger partial charge in [0.25, 0.3) is 0 Å². The van der Waals surface area contributed by atoms with Crippen molar-refractivity contribution < 1.29 is 18.7 Å². The van der Waals surface area contributed by atoms with E-state index >= 15 is 0 Å². The Morgan fingerprint density at radius 1 is 1.21 bits per heavy atom. The minimum atomic E-state index is -0.262. The Morgan fingerprint density at radius 3 is 2.59 bits per heavy atom. The van der Waals surface area contributed by atoms with Crippen molar-refractivity contribution in [1.82, 2.24) is 15.5 Å². The molecule has 1 aromatic rings. The van der Waals surface area contributed by atoms with Crippen LogP contribution in [0, 0.1) is 5.82 Å². The van der Waals surface area contributed by atoms with Gasteiger partial charge in [0, 0.05) is 32.2 Å². The summed E-state index contributed by atoms with van der Waals surface area (Å²) in [5.41, 5.74) is 0. The summed E-state index contributed by atoms with van der Waals surface area (Å²) >= 11 is 0. The highest BCUT2D eigenvalue weighted by atomic mass is 19.1. The molecule has 1 heterocycles. The van der Waals surface area contributed by atoms with E-state index < -0.39 is 0 Å². The zero-order valence-electron chi connectivity index (χ0n) is 17.5. The number of ether oxygens (including phenoxy) is 2. The number of carbonyl (C=O) groups excluding carboxylic acids is 1. The van der Waals surface area contributed by atoms with E-state index in [0.717, 1.165) is 38.2 Å². The smallest absolute Gasteiger partial charge is 0.409 e. The van der Waals surface area contributed by atoms with Crippen LogP contribution in [-0.2, 0) is 4.74 Å². The Balaban J connectivity index is 1.66. The number of nitrogens with one attached hydrogen (secondary N) is 2. The first kappa shape index (κ1) is 22.8. The zero-order chi connectivity index (χ0) is 20.9. The van der Waals surface area contributed by atoms with Gasteiger partial charge < -0.3 is 25.0 Å². The lowest BCUT2D eigenvalue weighted by Gasteiger charge is -2.32. The summed E-state index contributed by atoms with van der Waals surface area (Å²) in [6.45, 7) is 7.72. The molecule has 0 aliphatic carbocycles. The molecule has 0 bridgehead atoms. The topological polar surface area (TPSA) is 75.2 Å². The summed E-state index contributed by atoms with van der Waals surface area (Å²) < 4.78 is 23.5.